The number of nitrogens with one attached hydrogen (secondary N) is 1. The maximum atomic E-state index is 5.46. The van der Waals surface area contributed by atoms with Gasteiger partial charge in [0.05, 0.1) is 12.2 Å². The summed E-state index contributed by atoms with van der Waals surface area (Å²) in [6.07, 6.45) is 0. The highest BCUT2D eigenvalue weighted by Crippen LogP contribution is 2.20. The molecule has 0 saturated heterocycles. The molecule has 0 radical (unpaired) electrons. The monoisotopic (exact) mass is 350 g/mol. The summed E-state index contributed by atoms with van der Waals surface area (Å²) in [5.74, 6) is 0. The van der Waals surface area contributed by atoms with Gasteiger partial charge in [-0.15, -0.1) is 0 Å². The van der Waals surface area contributed by atoms with Crippen molar-refractivity contribution in [2.75, 3.05) is 0 Å². The van der Waals surface area contributed by atoms with E-state index in [2.05, 4.69) is 49.6 Å². The number of hydrogen-bond acceptors (Lipinski definition) is 2. The first-order valence-electron chi connectivity index (χ1n) is 6.50. The SMILES string of the molecule is CCn1nc(C)c2[nH]c(=S)n(Cc3ccc(Br)cc3)c21. The number of H-pyrrole nitrogens is 1. The maximum Gasteiger partial charge on any atom is 0.179 e. The molecular weight excluding hydrogens is 336 g/mol. The van der Waals surface area contributed by atoms with Gasteiger partial charge in [0.25, 0.3) is 0 Å². The summed E-state index contributed by atoms with van der Waals surface area (Å²) in [4.78, 5) is 3.27. The van der Waals surface area contributed by atoms with E-state index in [1.54, 1.807) is 0 Å². The molecule has 3 aromatic rings. The Morgan fingerprint density at radius 3 is 2.65 bits per heavy atom. The fraction of sp³-hybridized carbons (Fsp3) is 0.286. The molecular formula is C14H15BrN4S. The van der Waals surface area contributed by atoms with Gasteiger partial charge >= 0.3 is 0 Å². The van der Waals surface area contributed by atoms with Crippen molar-refractivity contribution in [3.63, 3.8) is 0 Å². The number of aryl methyl sites for hydroxylation is 2. The molecule has 6 heteroatoms. The Kier molecular flexibility index (Phi) is 3.52. The van der Waals surface area contributed by atoms with Crippen molar-refractivity contribution in [3.8, 4) is 0 Å². The molecule has 2 heterocycles. The number of imidazole rings is 1. The predicted molar refractivity (Wildman–Crippen MR) is 86.6 cm³/mol. The van der Waals surface area contributed by atoms with Gasteiger partial charge in [0.15, 0.2) is 10.4 Å². The smallest absolute Gasteiger partial charge is 0.179 e. The van der Waals surface area contributed by atoms with Gasteiger partial charge < -0.3 is 4.98 Å². The van der Waals surface area contributed by atoms with Crippen LogP contribution in [-0.4, -0.2) is 19.3 Å². The third-order valence-corrected chi connectivity index (χ3v) is 4.24. The molecule has 1 aromatic carbocycles. The van der Waals surface area contributed by atoms with Gasteiger partial charge in [-0.25, -0.2) is 4.68 Å². The zero-order valence-electron chi connectivity index (χ0n) is 11.4. The molecule has 0 aliphatic heterocycles. The zero-order chi connectivity index (χ0) is 14.3. The van der Waals surface area contributed by atoms with Crippen molar-refractivity contribution in [1.82, 2.24) is 19.3 Å². The molecule has 4 nitrogen and oxygen atoms in total. The Balaban J connectivity index is 2.13. The van der Waals surface area contributed by atoms with E-state index >= 15 is 0 Å². The Labute approximate surface area is 130 Å². The summed E-state index contributed by atoms with van der Waals surface area (Å²) in [6, 6.07) is 8.30. The van der Waals surface area contributed by atoms with E-state index in [0.29, 0.717) is 0 Å². The average Bonchev–Trinajstić information content (AvgIpc) is 2.91. The standard InChI is InChI=1S/C14H15BrN4S/c1-3-19-13-12(9(2)17-19)16-14(20)18(13)8-10-4-6-11(15)7-5-10/h4-7H,3,8H2,1-2H3,(H,16,20). The number of halogens is 1. The van der Waals surface area contributed by atoms with Gasteiger partial charge in [-0.05, 0) is 43.8 Å². The summed E-state index contributed by atoms with van der Waals surface area (Å²) in [7, 11) is 0. The number of benzene rings is 1. The minimum Gasteiger partial charge on any atom is -0.328 e. The quantitative estimate of drug-likeness (QED) is 0.724. The van der Waals surface area contributed by atoms with Crippen LogP contribution in [0.4, 0.5) is 0 Å². The molecule has 0 spiro atoms. The van der Waals surface area contributed by atoms with Gasteiger partial charge in [0.2, 0.25) is 0 Å². The molecule has 2 aromatic heterocycles. The fourth-order valence-corrected chi connectivity index (χ4v) is 2.92. The topological polar surface area (TPSA) is 38.5 Å². The van der Waals surface area contributed by atoms with Crippen LogP contribution in [-0.2, 0) is 13.1 Å². The van der Waals surface area contributed by atoms with E-state index < -0.39 is 0 Å². The molecule has 0 atom stereocenters. The maximum absolute atomic E-state index is 5.46. The second-order valence-electron chi connectivity index (χ2n) is 4.74. The van der Waals surface area contributed by atoms with E-state index in [1.165, 1.54) is 5.56 Å². The van der Waals surface area contributed by atoms with Crippen molar-refractivity contribution < 1.29 is 0 Å². The van der Waals surface area contributed by atoms with E-state index in [4.69, 9.17) is 12.2 Å². The molecule has 3 rings (SSSR count). The normalized spacial score (nSPS) is 11.3. The van der Waals surface area contributed by atoms with Crippen LogP contribution in [0.1, 0.15) is 18.2 Å². The number of aromatic nitrogens is 4. The molecule has 20 heavy (non-hydrogen) atoms. The summed E-state index contributed by atoms with van der Waals surface area (Å²) in [5, 5.41) is 4.54. The lowest BCUT2D eigenvalue weighted by Gasteiger charge is -2.06. The highest BCUT2D eigenvalue weighted by atomic mass is 79.9. The Hall–Kier alpha value is -1.40. The first-order chi connectivity index (χ1) is 9.60. The van der Waals surface area contributed by atoms with E-state index in [-0.39, 0.29) is 0 Å². The molecule has 0 unspecified atom stereocenters. The van der Waals surface area contributed by atoms with Gasteiger partial charge in [0.1, 0.15) is 5.52 Å². The average molecular weight is 351 g/mol. The van der Waals surface area contributed by atoms with Crippen LogP contribution < -0.4 is 0 Å². The van der Waals surface area contributed by atoms with Crippen LogP contribution in [0.15, 0.2) is 28.7 Å². The molecule has 1 N–H and O–H groups in total. The molecule has 0 fully saturated rings. The minimum atomic E-state index is 0.741. The molecule has 0 aliphatic carbocycles. The zero-order valence-corrected chi connectivity index (χ0v) is 13.8. The first kappa shape index (κ1) is 13.6. The summed E-state index contributed by atoms with van der Waals surface area (Å²) in [5.41, 5.74) is 4.31. The molecule has 0 aliphatic rings. The van der Waals surface area contributed by atoms with Crippen molar-refractivity contribution >= 4 is 39.3 Å². The van der Waals surface area contributed by atoms with E-state index in [0.717, 1.165) is 39.2 Å². The highest BCUT2D eigenvalue weighted by Gasteiger charge is 2.13. The highest BCUT2D eigenvalue weighted by molar-refractivity contribution is 9.10. The second-order valence-corrected chi connectivity index (χ2v) is 6.04. The summed E-state index contributed by atoms with van der Waals surface area (Å²) >= 11 is 8.91. The molecule has 0 amide bonds. The largest absolute Gasteiger partial charge is 0.328 e. The van der Waals surface area contributed by atoms with Crippen LogP contribution in [0.25, 0.3) is 11.2 Å². The lowest BCUT2D eigenvalue weighted by Crippen LogP contribution is -2.06. The lowest BCUT2D eigenvalue weighted by atomic mass is 10.2. The fourth-order valence-electron chi connectivity index (χ4n) is 2.40. The van der Waals surface area contributed by atoms with Crippen molar-refractivity contribution in [1.29, 1.82) is 0 Å². The van der Waals surface area contributed by atoms with Crippen molar-refractivity contribution in [3.05, 3.63) is 44.8 Å². The van der Waals surface area contributed by atoms with E-state index in [1.807, 2.05) is 23.7 Å². The van der Waals surface area contributed by atoms with E-state index in [9.17, 15) is 0 Å². The van der Waals surface area contributed by atoms with Gasteiger partial charge in [-0.2, -0.15) is 5.10 Å². The van der Waals surface area contributed by atoms with Gasteiger partial charge in [-0.1, -0.05) is 28.1 Å². The van der Waals surface area contributed by atoms with Crippen molar-refractivity contribution in [2.45, 2.75) is 26.9 Å². The number of nitrogens with zero attached hydrogens (tertiary/aromatic N) is 3. The minimum absolute atomic E-state index is 0.741. The summed E-state index contributed by atoms with van der Waals surface area (Å²) < 4.78 is 5.93. The van der Waals surface area contributed by atoms with Gasteiger partial charge in [-0.3, -0.25) is 4.57 Å². The molecule has 0 saturated carbocycles. The summed E-state index contributed by atoms with van der Waals surface area (Å²) in [6.45, 7) is 5.67. The number of rotatable bonds is 3. The van der Waals surface area contributed by atoms with Crippen LogP contribution in [0.3, 0.4) is 0 Å². The second kappa shape index (κ2) is 5.18. The van der Waals surface area contributed by atoms with Crippen molar-refractivity contribution in [2.24, 2.45) is 0 Å². The number of hydrogen-bond donors (Lipinski definition) is 1. The number of aromatic amines is 1. The third-order valence-electron chi connectivity index (χ3n) is 3.39. The van der Waals surface area contributed by atoms with Crippen LogP contribution >= 0.6 is 28.1 Å². The molecule has 104 valence electrons. The third kappa shape index (κ3) is 2.23. The van der Waals surface area contributed by atoms with Gasteiger partial charge in [0, 0.05) is 11.0 Å². The van der Waals surface area contributed by atoms with Crippen LogP contribution in [0.2, 0.25) is 0 Å². The Morgan fingerprint density at radius 2 is 2.00 bits per heavy atom. The van der Waals surface area contributed by atoms with Crippen LogP contribution in [0, 0.1) is 11.7 Å². The Morgan fingerprint density at radius 1 is 1.30 bits per heavy atom. The first-order valence-corrected chi connectivity index (χ1v) is 7.70. The lowest BCUT2D eigenvalue weighted by molar-refractivity contribution is 0.643. The predicted octanol–water partition coefficient (Wildman–Crippen LogP) is 4.03. The Bertz CT molecular complexity index is 810. The number of fused-ring (bicyclic) bond motifs is 1. The van der Waals surface area contributed by atoms with Crippen LogP contribution in [0.5, 0.6) is 0 Å². The molecule has 0 bridgehead atoms.